The van der Waals surface area contributed by atoms with Crippen molar-refractivity contribution in [1.82, 2.24) is 0 Å². The van der Waals surface area contributed by atoms with E-state index in [1.165, 1.54) is 19.1 Å². The Labute approximate surface area is 135 Å². The summed E-state index contributed by atoms with van der Waals surface area (Å²) < 4.78 is 10.9. The first-order chi connectivity index (χ1) is 10.6. The summed E-state index contributed by atoms with van der Waals surface area (Å²) in [6, 6.07) is 16.2. The van der Waals surface area contributed by atoms with E-state index in [4.69, 9.17) is 21.1 Å². The van der Waals surface area contributed by atoms with Gasteiger partial charge in [-0.3, -0.25) is 4.79 Å². The highest BCUT2D eigenvalue weighted by Crippen LogP contribution is 2.34. The van der Waals surface area contributed by atoms with Gasteiger partial charge in [-0.1, -0.05) is 48.0 Å². The predicted octanol–water partition coefficient (Wildman–Crippen LogP) is 3.45. The van der Waals surface area contributed by atoms with Gasteiger partial charge >= 0.3 is 0 Å². The second kappa shape index (κ2) is 6.92. The molecule has 0 atom stereocenters. The fourth-order valence-electron chi connectivity index (χ4n) is 2.31. The largest absolute Gasteiger partial charge is 0.342 e. The number of carbonyl (C=O) groups is 1. The molecule has 2 aromatic rings. The van der Waals surface area contributed by atoms with Crippen LogP contribution in [0.15, 0.2) is 54.6 Å². The van der Waals surface area contributed by atoms with Gasteiger partial charge in [-0.05, 0) is 18.2 Å². The molecule has 0 saturated carbocycles. The van der Waals surface area contributed by atoms with Crippen LogP contribution in [-0.2, 0) is 20.1 Å². The normalized spacial score (nSPS) is 11.3. The van der Waals surface area contributed by atoms with E-state index in [0.717, 1.165) is 5.69 Å². The van der Waals surface area contributed by atoms with Crippen LogP contribution in [0.5, 0.6) is 0 Å². The molecule has 0 unspecified atom stereocenters. The summed E-state index contributed by atoms with van der Waals surface area (Å²) >= 11 is 6.23. The summed E-state index contributed by atoms with van der Waals surface area (Å²) in [5, 5.41) is 0.404. The minimum Gasteiger partial charge on any atom is -0.342 e. The third-order valence-electron chi connectivity index (χ3n) is 3.53. The molecule has 0 bridgehead atoms. The summed E-state index contributed by atoms with van der Waals surface area (Å²) in [5.74, 6) is -1.96. The molecule has 1 amide bonds. The van der Waals surface area contributed by atoms with E-state index in [1.54, 1.807) is 31.3 Å². The molecule has 0 aliphatic carbocycles. The van der Waals surface area contributed by atoms with Crippen molar-refractivity contribution >= 4 is 23.2 Å². The second-order valence-electron chi connectivity index (χ2n) is 4.70. The van der Waals surface area contributed by atoms with Gasteiger partial charge in [0.2, 0.25) is 0 Å². The number of anilines is 1. The molecule has 0 aliphatic rings. The number of halogens is 1. The number of carbonyl (C=O) groups excluding carboxylic acids is 1. The Morgan fingerprint density at radius 3 is 2.09 bits per heavy atom. The van der Waals surface area contributed by atoms with Crippen molar-refractivity contribution in [1.29, 1.82) is 0 Å². The first kappa shape index (κ1) is 16.5. The van der Waals surface area contributed by atoms with Crippen molar-refractivity contribution in [2.75, 3.05) is 26.2 Å². The molecular formula is C17H18ClNO3. The van der Waals surface area contributed by atoms with Crippen LogP contribution < -0.4 is 4.90 Å². The molecule has 0 aliphatic heterocycles. The quantitative estimate of drug-likeness (QED) is 0.792. The van der Waals surface area contributed by atoms with E-state index in [0.29, 0.717) is 10.6 Å². The van der Waals surface area contributed by atoms with E-state index in [1.807, 2.05) is 30.3 Å². The molecule has 4 nitrogen and oxygen atoms in total. The minimum atomic E-state index is -1.59. The van der Waals surface area contributed by atoms with Crippen LogP contribution in [0.4, 0.5) is 5.69 Å². The lowest BCUT2D eigenvalue weighted by Crippen LogP contribution is -2.48. The summed E-state index contributed by atoms with van der Waals surface area (Å²) in [5.41, 5.74) is 1.20. The molecular weight excluding hydrogens is 302 g/mol. The lowest BCUT2D eigenvalue weighted by molar-refractivity contribution is -0.212. The Balaban J connectivity index is 2.48. The van der Waals surface area contributed by atoms with Crippen molar-refractivity contribution in [3.8, 4) is 0 Å². The Bertz CT molecular complexity index is 641. The maximum atomic E-state index is 13.0. The van der Waals surface area contributed by atoms with Crippen LogP contribution in [-0.4, -0.2) is 27.2 Å². The zero-order chi connectivity index (χ0) is 16.2. The van der Waals surface area contributed by atoms with Crippen molar-refractivity contribution in [2.24, 2.45) is 0 Å². The maximum Gasteiger partial charge on any atom is 0.292 e. The molecule has 2 aromatic carbocycles. The molecule has 5 heteroatoms. The number of hydrogen-bond donors (Lipinski definition) is 0. The van der Waals surface area contributed by atoms with Crippen molar-refractivity contribution in [2.45, 2.75) is 5.79 Å². The summed E-state index contributed by atoms with van der Waals surface area (Å²) in [7, 11) is 4.51. The summed E-state index contributed by atoms with van der Waals surface area (Å²) in [6.45, 7) is 0. The third kappa shape index (κ3) is 2.86. The number of hydrogen-bond acceptors (Lipinski definition) is 3. The molecule has 0 spiro atoms. The van der Waals surface area contributed by atoms with Crippen molar-refractivity contribution in [3.05, 3.63) is 65.2 Å². The average Bonchev–Trinajstić information content (AvgIpc) is 2.58. The molecule has 2 rings (SSSR count). The first-order valence-corrected chi connectivity index (χ1v) is 7.13. The Kier molecular flexibility index (Phi) is 5.19. The van der Waals surface area contributed by atoms with Gasteiger partial charge in [0.1, 0.15) is 0 Å². The van der Waals surface area contributed by atoms with Crippen LogP contribution in [0, 0.1) is 0 Å². The first-order valence-electron chi connectivity index (χ1n) is 6.75. The number of methoxy groups -OCH3 is 2. The number of rotatable bonds is 5. The molecule has 116 valence electrons. The second-order valence-corrected chi connectivity index (χ2v) is 5.11. The van der Waals surface area contributed by atoms with Crippen molar-refractivity contribution in [3.63, 3.8) is 0 Å². The maximum absolute atomic E-state index is 13.0. The molecule has 0 aromatic heterocycles. The van der Waals surface area contributed by atoms with Gasteiger partial charge < -0.3 is 14.4 Å². The van der Waals surface area contributed by atoms with Crippen LogP contribution >= 0.6 is 11.6 Å². The van der Waals surface area contributed by atoms with Crippen LogP contribution in [0.2, 0.25) is 5.02 Å². The highest BCUT2D eigenvalue weighted by atomic mass is 35.5. The Morgan fingerprint density at radius 2 is 1.55 bits per heavy atom. The van der Waals surface area contributed by atoms with E-state index >= 15 is 0 Å². The SMILES string of the molecule is COC(OC)(C(=O)N(C)c1ccccc1)c1ccccc1Cl. The highest BCUT2D eigenvalue weighted by Gasteiger charge is 2.45. The monoisotopic (exact) mass is 319 g/mol. The number of amides is 1. The summed E-state index contributed by atoms with van der Waals surface area (Å²) in [4.78, 5) is 14.5. The van der Waals surface area contributed by atoms with Gasteiger partial charge in [-0.2, -0.15) is 0 Å². The van der Waals surface area contributed by atoms with E-state index in [-0.39, 0.29) is 5.91 Å². The highest BCUT2D eigenvalue weighted by molar-refractivity contribution is 6.31. The molecule has 0 N–H and O–H groups in total. The van der Waals surface area contributed by atoms with Crippen LogP contribution in [0.1, 0.15) is 5.56 Å². The molecule has 0 saturated heterocycles. The Hall–Kier alpha value is -1.88. The van der Waals surface area contributed by atoms with Gasteiger partial charge in [0, 0.05) is 37.5 Å². The van der Waals surface area contributed by atoms with Gasteiger partial charge in [-0.15, -0.1) is 0 Å². The predicted molar refractivity (Wildman–Crippen MR) is 87.0 cm³/mol. The number of ether oxygens (including phenoxy) is 2. The van der Waals surface area contributed by atoms with Gasteiger partial charge in [0.25, 0.3) is 11.7 Å². The fraction of sp³-hybridized carbons (Fsp3) is 0.235. The summed E-state index contributed by atoms with van der Waals surface area (Å²) in [6.07, 6.45) is 0. The van der Waals surface area contributed by atoms with Gasteiger partial charge in [0.05, 0.1) is 0 Å². The average molecular weight is 320 g/mol. The molecule has 22 heavy (non-hydrogen) atoms. The zero-order valence-corrected chi connectivity index (χ0v) is 13.5. The fourth-order valence-corrected chi connectivity index (χ4v) is 2.57. The Morgan fingerprint density at radius 1 is 1.00 bits per heavy atom. The van der Waals surface area contributed by atoms with Crippen molar-refractivity contribution < 1.29 is 14.3 Å². The topological polar surface area (TPSA) is 38.8 Å². The third-order valence-corrected chi connectivity index (χ3v) is 3.86. The van der Waals surface area contributed by atoms with E-state index < -0.39 is 5.79 Å². The number of likely N-dealkylation sites (N-methyl/N-ethyl adjacent to an activating group) is 1. The van der Waals surface area contributed by atoms with E-state index in [2.05, 4.69) is 0 Å². The molecule has 0 fully saturated rings. The molecule has 0 heterocycles. The number of nitrogens with zero attached hydrogens (tertiary/aromatic N) is 1. The lowest BCUT2D eigenvalue weighted by atomic mass is 10.0. The van der Waals surface area contributed by atoms with Crippen LogP contribution in [0.25, 0.3) is 0 Å². The van der Waals surface area contributed by atoms with Gasteiger partial charge in [0.15, 0.2) is 0 Å². The smallest absolute Gasteiger partial charge is 0.292 e. The minimum absolute atomic E-state index is 0.364. The lowest BCUT2D eigenvalue weighted by Gasteiger charge is -2.34. The van der Waals surface area contributed by atoms with E-state index in [9.17, 15) is 4.79 Å². The number of para-hydroxylation sites is 1. The standard InChI is InChI=1S/C17H18ClNO3/c1-19(13-9-5-4-6-10-13)16(20)17(21-2,22-3)14-11-7-8-12-15(14)18/h4-12H,1-3H3. The number of benzene rings is 2. The zero-order valence-electron chi connectivity index (χ0n) is 12.7. The van der Waals surface area contributed by atoms with Crippen LogP contribution in [0.3, 0.4) is 0 Å². The molecule has 0 radical (unpaired) electrons. The van der Waals surface area contributed by atoms with Gasteiger partial charge in [-0.25, -0.2) is 0 Å².